The normalized spacial score (nSPS) is 15.0. The van der Waals surface area contributed by atoms with E-state index >= 15 is 0 Å². The van der Waals surface area contributed by atoms with Gasteiger partial charge in [0, 0.05) is 38.7 Å². The molecule has 3 aromatic heterocycles. The van der Waals surface area contributed by atoms with Crippen molar-refractivity contribution in [2.45, 2.75) is 19.5 Å². The molecular weight excluding hydrogens is 594 g/mol. The maximum atomic E-state index is 14.5. The lowest BCUT2D eigenvalue weighted by Crippen LogP contribution is -2.39. The topological polar surface area (TPSA) is 65.6 Å². The summed E-state index contributed by atoms with van der Waals surface area (Å²) in [5.74, 6) is -0.765. The average molecular weight is 620 g/mol. The summed E-state index contributed by atoms with van der Waals surface area (Å²) in [4.78, 5) is 34.0. The molecule has 1 aliphatic rings. The Morgan fingerprint density at radius 1 is 1.00 bits per heavy atom. The number of benzene rings is 3. The summed E-state index contributed by atoms with van der Waals surface area (Å²) in [6, 6.07) is 27.3. The van der Waals surface area contributed by atoms with Gasteiger partial charge in [0.05, 0.1) is 29.0 Å². The van der Waals surface area contributed by atoms with Gasteiger partial charge in [-0.2, -0.15) is 0 Å². The minimum absolute atomic E-state index is 0.197. The van der Waals surface area contributed by atoms with Crippen molar-refractivity contribution in [2.75, 3.05) is 6.61 Å². The van der Waals surface area contributed by atoms with Gasteiger partial charge in [0.2, 0.25) is 0 Å². The van der Waals surface area contributed by atoms with Crippen LogP contribution < -0.4 is 14.9 Å². The van der Waals surface area contributed by atoms with Gasteiger partial charge >= 0.3 is 5.97 Å². The van der Waals surface area contributed by atoms with Crippen LogP contribution in [0.1, 0.15) is 34.5 Å². The number of rotatable bonds is 7. The first-order valence-electron chi connectivity index (χ1n) is 14.2. The molecule has 0 N–H and O–H groups in total. The fourth-order valence-corrected chi connectivity index (χ4v) is 7.44. The maximum absolute atomic E-state index is 14.5. The first-order valence-corrected chi connectivity index (χ1v) is 15.9. The van der Waals surface area contributed by atoms with E-state index < -0.39 is 12.0 Å². The number of halogens is 1. The number of carbonyl (C=O) groups is 1. The molecule has 9 heteroatoms. The molecule has 3 aromatic carbocycles. The molecule has 0 amide bonds. The van der Waals surface area contributed by atoms with Crippen LogP contribution in [-0.2, 0) is 16.1 Å². The minimum Gasteiger partial charge on any atom is -0.463 e. The highest BCUT2D eigenvalue weighted by Gasteiger charge is 2.35. The molecule has 0 saturated carbocycles. The summed E-state index contributed by atoms with van der Waals surface area (Å²) in [5, 5.41) is 2.88. The van der Waals surface area contributed by atoms with Crippen LogP contribution in [0.4, 0.5) is 4.39 Å². The number of thiazole rings is 1. The molecule has 6 nitrogen and oxygen atoms in total. The van der Waals surface area contributed by atoms with Crippen molar-refractivity contribution in [3.8, 4) is 0 Å². The lowest BCUT2D eigenvalue weighted by atomic mass is 9.97. The zero-order chi connectivity index (χ0) is 30.2. The fourth-order valence-electron chi connectivity index (χ4n) is 5.63. The molecule has 0 unspecified atom stereocenters. The number of ether oxygens (including phenoxy) is 1. The Balaban J connectivity index is 1.44. The highest BCUT2D eigenvalue weighted by Crippen LogP contribution is 2.37. The number of fused-ring (bicyclic) bond motifs is 2. The van der Waals surface area contributed by atoms with E-state index in [2.05, 4.69) is 0 Å². The highest BCUT2D eigenvalue weighted by molar-refractivity contribution is 7.10. The number of aromatic nitrogens is 2. The van der Waals surface area contributed by atoms with Crippen LogP contribution in [0.15, 0.2) is 118 Å². The predicted octanol–water partition coefficient (Wildman–Crippen LogP) is 6.14. The van der Waals surface area contributed by atoms with Gasteiger partial charge in [-0.25, -0.2) is 14.2 Å². The molecule has 1 aliphatic heterocycles. The van der Waals surface area contributed by atoms with E-state index in [0.29, 0.717) is 32.7 Å². The number of para-hydroxylation sites is 1. The largest absolute Gasteiger partial charge is 0.463 e. The zero-order valence-electron chi connectivity index (χ0n) is 23.6. The quantitative estimate of drug-likeness (QED) is 0.202. The van der Waals surface area contributed by atoms with Crippen molar-refractivity contribution in [3.63, 3.8) is 0 Å². The second-order valence-electron chi connectivity index (χ2n) is 10.3. The van der Waals surface area contributed by atoms with Crippen LogP contribution in [0.5, 0.6) is 0 Å². The summed E-state index contributed by atoms with van der Waals surface area (Å²) >= 11 is 2.76. The molecule has 0 fully saturated rings. The van der Waals surface area contributed by atoms with E-state index in [1.807, 2.05) is 95.0 Å². The molecule has 7 rings (SSSR count). The SMILES string of the molecule is CCOC(=O)C1=C(c2ccccc2)N=c2s/c(=C\c3cn(Cc4ccccc4F)c4ccccc34)c(=O)n2[C@H]1c1cccs1. The van der Waals surface area contributed by atoms with Gasteiger partial charge in [0.15, 0.2) is 4.80 Å². The van der Waals surface area contributed by atoms with E-state index in [9.17, 15) is 14.0 Å². The second-order valence-corrected chi connectivity index (χ2v) is 12.3. The average Bonchev–Trinajstić information content (AvgIpc) is 3.77. The Morgan fingerprint density at radius 2 is 1.77 bits per heavy atom. The molecular formula is C35H26FN3O3S2. The third-order valence-electron chi connectivity index (χ3n) is 7.59. The smallest absolute Gasteiger partial charge is 0.338 e. The van der Waals surface area contributed by atoms with Crippen LogP contribution in [-0.4, -0.2) is 21.7 Å². The van der Waals surface area contributed by atoms with Crippen LogP contribution in [0.3, 0.4) is 0 Å². The van der Waals surface area contributed by atoms with E-state index in [4.69, 9.17) is 9.73 Å². The Kier molecular flexibility index (Phi) is 7.41. The number of carbonyl (C=O) groups excluding carboxylic acids is 1. The first-order chi connectivity index (χ1) is 21.5. The number of hydrogen-bond acceptors (Lipinski definition) is 6. The second kappa shape index (κ2) is 11.7. The maximum Gasteiger partial charge on any atom is 0.338 e. The molecule has 0 spiro atoms. The van der Waals surface area contributed by atoms with Gasteiger partial charge in [-0.15, -0.1) is 11.3 Å². The van der Waals surface area contributed by atoms with Crippen LogP contribution in [0, 0.1) is 5.82 Å². The van der Waals surface area contributed by atoms with Gasteiger partial charge in [0.1, 0.15) is 11.9 Å². The lowest BCUT2D eigenvalue weighted by Gasteiger charge is -2.24. The van der Waals surface area contributed by atoms with Crippen molar-refractivity contribution < 1.29 is 13.9 Å². The third-order valence-corrected chi connectivity index (χ3v) is 9.50. The highest BCUT2D eigenvalue weighted by atomic mass is 32.1. The van der Waals surface area contributed by atoms with Crippen molar-refractivity contribution in [1.29, 1.82) is 0 Å². The number of thiophene rings is 1. The Morgan fingerprint density at radius 3 is 2.55 bits per heavy atom. The van der Waals surface area contributed by atoms with Gasteiger partial charge in [-0.3, -0.25) is 9.36 Å². The molecule has 44 heavy (non-hydrogen) atoms. The van der Waals surface area contributed by atoms with Gasteiger partial charge in [-0.05, 0) is 36.6 Å². The summed E-state index contributed by atoms with van der Waals surface area (Å²) in [6.45, 7) is 2.31. The number of hydrogen-bond donors (Lipinski definition) is 0. The zero-order valence-corrected chi connectivity index (χ0v) is 25.3. The number of nitrogens with zero attached hydrogens (tertiary/aromatic N) is 3. The molecule has 1 atom stereocenters. The minimum atomic E-state index is -0.690. The van der Waals surface area contributed by atoms with E-state index in [0.717, 1.165) is 26.9 Å². The van der Waals surface area contributed by atoms with Crippen molar-refractivity contribution >= 4 is 51.3 Å². The number of esters is 1. The summed E-state index contributed by atoms with van der Waals surface area (Å²) in [7, 11) is 0. The van der Waals surface area contributed by atoms with Gasteiger partial charge in [0.25, 0.3) is 5.56 Å². The Hall–Kier alpha value is -4.86. The van der Waals surface area contributed by atoms with Crippen LogP contribution in [0.2, 0.25) is 0 Å². The van der Waals surface area contributed by atoms with Gasteiger partial charge < -0.3 is 9.30 Å². The van der Waals surface area contributed by atoms with Crippen molar-refractivity contribution in [3.05, 3.63) is 155 Å². The standard InChI is InChI=1S/C35H26FN3O3S2/c1-2-42-34(41)30-31(22-11-4-3-5-12-22)37-35-39(32(30)28-17-10-18-43-28)33(40)29(44-35)19-24-21-38(27-16-9-7-14-25(24)27)20-23-13-6-8-15-26(23)36/h3-19,21,32H,2,20H2,1H3/b29-19-/t32-/m0/s1. The van der Waals surface area contributed by atoms with Crippen LogP contribution >= 0.6 is 22.7 Å². The molecule has 0 saturated heterocycles. The fraction of sp³-hybridized carbons (Fsp3) is 0.114. The van der Waals surface area contributed by atoms with Gasteiger partial charge in [-0.1, -0.05) is 84.1 Å². The van der Waals surface area contributed by atoms with E-state index in [1.54, 1.807) is 23.6 Å². The Bertz CT molecular complexity index is 2230. The van der Waals surface area contributed by atoms with Crippen molar-refractivity contribution in [2.24, 2.45) is 4.99 Å². The third kappa shape index (κ3) is 4.94. The van der Waals surface area contributed by atoms with Crippen LogP contribution in [0.25, 0.3) is 22.7 Å². The van der Waals surface area contributed by atoms with E-state index in [1.165, 1.54) is 28.7 Å². The summed E-state index contributed by atoms with van der Waals surface area (Å²) in [5.41, 5.74) is 3.70. The Labute approximate surface area is 260 Å². The summed E-state index contributed by atoms with van der Waals surface area (Å²) in [6.07, 6.45) is 3.82. The molecule has 0 aliphatic carbocycles. The molecule has 4 heterocycles. The molecule has 0 bridgehead atoms. The molecule has 218 valence electrons. The molecule has 0 radical (unpaired) electrons. The monoisotopic (exact) mass is 619 g/mol. The van der Waals surface area contributed by atoms with Crippen molar-refractivity contribution in [1.82, 2.24) is 9.13 Å². The summed E-state index contributed by atoms with van der Waals surface area (Å²) < 4.78 is 24.2. The first kappa shape index (κ1) is 27.9. The predicted molar refractivity (Wildman–Crippen MR) is 173 cm³/mol. The molecule has 6 aromatic rings. The van der Waals surface area contributed by atoms with E-state index in [-0.39, 0.29) is 18.0 Å². The lowest BCUT2D eigenvalue weighted by molar-refractivity contribution is -0.138.